The average molecular weight is 311 g/mol. The molecule has 0 aliphatic carbocycles. The summed E-state index contributed by atoms with van der Waals surface area (Å²) in [6.45, 7) is 0. The van der Waals surface area contributed by atoms with Gasteiger partial charge in [-0.05, 0) is 18.2 Å². The quantitative estimate of drug-likeness (QED) is 0.881. The molecular weight excluding hydrogens is 299 g/mol. The molecule has 0 saturated carbocycles. The molecule has 0 bridgehead atoms. The summed E-state index contributed by atoms with van der Waals surface area (Å²) in [6.07, 6.45) is 0.940. The van der Waals surface area contributed by atoms with Crippen molar-refractivity contribution in [3.8, 4) is 11.5 Å². The van der Waals surface area contributed by atoms with E-state index in [4.69, 9.17) is 21.1 Å². The number of hydrogen-bond acceptors (Lipinski definition) is 4. The summed E-state index contributed by atoms with van der Waals surface area (Å²) >= 11 is 5.78. The van der Waals surface area contributed by atoms with Crippen LogP contribution in [0.1, 0.15) is 10.4 Å². The molecule has 2 rings (SSSR count). The summed E-state index contributed by atoms with van der Waals surface area (Å²) in [5.41, 5.74) is 0.407. The van der Waals surface area contributed by atoms with Gasteiger partial charge in [-0.25, -0.2) is 9.37 Å². The van der Waals surface area contributed by atoms with Crippen LogP contribution in [0.15, 0.2) is 30.5 Å². The van der Waals surface area contributed by atoms with Gasteiger partial charge in [0, 0.05) is 11.8 Å². The Balaban J connectivity index is 2.25. The Kier molecular flexibility index (Phi) is 4.59. The van der Waals surface area contributed by atoms with Crippen molar-refractivity contribution in [1.29, 1.82) is 0 Å². The van der Waals surface area contributed by atoms with Gasteiger partial charge in [0.05, 0.1) is 26.0 Å². The summed E-state index contributed by atoms with van der Waals surface area (Å²) in [4.78, 5) is 15.7. The topological polar surface area (TPSA) is 60.5 Å². The Morgan fingerprint density at radius 3 is 2.62 bits per heavy atom. The number of anilines is 1. The lowest BCUT2D eigenvalue weighted by Gasteiger charge is -2.11. The molecule has 0 saturated heterocycles. The number of halogens is 2. The first-order valence-corrected chi connectivity index (χ1v) is 6.27. The lowest BCUT2D eigenvalue weighted by molar-refractivity contribution is 0.102. The van der Waals surface area contributed by atoms with E-state index >= 15 is 0 Å². The number of amides is 1. The highest BCUT2D eigenvalue weighted by Gasteiger charge is 2.14. The highest BCUT2D eigenvalue weighted by atomic mass is 35.5. The third kappa shape index (κ3) is 3.41. The maximum absolute atomic E-state index is 13.1. The zero-order valence-corrected chi connectivity index (χ0v) is 12.1. The first-order valence-electron chi connectivity index (χ1n) is 5.89. The van der Waals surface area contributed by atoms with E-state index in [0.717, 1.165) is 12.3 Å². The van der Waals surface area contributed by atoms with Crippen LogP contribution in [0.5, 0.6) is 11.5 Å². The molecule has 7 heteroatoms. The molecule has 110 valence electrons. The molecule has 5 nitrogen and oxygen atoms in total. The van der Waals surface area contributed by atoms with Crippen LogP contribution in [-0.2, 0) is 0 Å². The summed E-state index contributed by atoms with van der Waals surface area (Å²) in [5.74, 6) is -0.226. The Morgan fingerprint density at radius 2 is 1.95 bits per heavy atom. The number of nitrogens with zero attached hydrogens (tertiary/aromatic N) is 1. The molecule has 0 unspecified atom stereocenters. The van der Waals surface area contributed by atoms with E-state index in [-0.39, 0.29) is 10.7 Å². The Hall–Kier alpha value is -2.34. The summed E-state index contributed by atoms with van der Waals surface area (Å²) in [7, 11) is 2.99. The number of nitrogens with one attached hydrogen (secondary N) is 1. The molecule has 1 amide bonds. The second kappa shape index (κ2) is 6.41. The second-order valence-electron chi connectivity index (χ2n) is 4.02. The number of carbonyl (C=O) groups excluding carboxylic acids is 1. The predicted molar refractivity (Wildman–Crippen MR) is 76.7 cm³/mol. The van der Waals surface area contributed by atoms with Gasteiger partial charge >= 0.3 is 0 Å². The number of ether oxygens (including phenoxy) is 2. The molecule has 0 fully saturated rings. The molecule has 1 N–H and O–H groups in total. The highest BCUT2D eigenvalue weighted by molar-refractivity contribution is 6.33. The van der Waals surface area contributed by atoms with Crippen LogP contribution in [0.2, 0.25) is 5.15 Å². The third-order valence-corrected chi connectivity index (χ3v) is 2.99. The summed E-state index contributed by atoms with van der Waals surface area (Å²) < 4.78 is 23.4. The van der Waals surface area contributed by atoms with Gasteiger partial charge < -0.3 is 14.8 Å². The van der Waals surface area contributed by atoms with Crippen LogP contribution in [-0.4, -0.2) is 25.1 Å². The fraction of sp³-hybridized carbons (Fsp3) is 0.143. The number of carbonyl (C=O) groups is 1. The molecule has 1 aromatic heterocycles. The lowest BCUT2D eigenvalue weighted by atomic mass is 10.2. The fourth-order valence-corrected chi connectivity index (χ4v) is 1.88. The number of benzene rings is 1. The zero-order chi connectivity index (χ0) is 15.4. The van der Waals surface area contributed by atoms with E-state index in [1.165, 1.54) is 14.2 Å². The predicted octanol–water partition coefficient (Wildman–Crippen LogP) is 3.14. The van der Waals surface area contributed by atoms with Crippen molar-refractivity contribution >= 4 is 23.2 Å². The first-order chi connectivity index (χ1) is 10.0. The summed E-state index contributed by atoms with van der Waals surface area (Å²) in [5, 5.41) is 2.51. The van der Waals surface area contributed by atoms with Gasteiger partial charge in [0.15, 0.2) is 11.5 Å². The van der Waals surface area contributed by atoms with Gasteiger partial charge in [-0.15, -0.1) is 0 Å². The Morgan fingerprint density at radius 1 is 1.24 bits per heavy atom. The number of aromatic nitrogens is 1. The van der Waals surface area contributed by atoms with Gasteiger partial charge in [0.25, 0.3) is 5.91 Å². The van der Waals surface area contributed by atoms with Crippen LogP contribution < -0.4 is 14.8 Å². The van der Waals surface area contributed by atoms with E-state index in [9.17, 15) is 9.18 Å². The van der Waals surface area contributed by atoms with Crippen LogP contribution in [0.3, 0.4) is 0 Å². The zero-order valence-electron chi connectivity index (χ0n) is 11.3. The van der Waals surface area contributed by atoms with Gasteiger partial charge in [0.1, 0.15) is 11.0 Å². The number of methoxy groups -OCH3 is 2. The fourth-order valence-electron chi connectivity index (χ4n) is 1.69. The van der Waals surface area contributed by atoms with Crippen LogP contribution in [0.4, 0.5) is 10.1 Å². The van der Waals surface area contributed by atoms with Gasteiger partial charge in [-0.1, -0.05) is 11.6 Å². The lowest BCUT2D eigenvalue weighted by Crippen LogP contribution is -2.13. The van der Waals surface area contributed by atoms with E-state index in [1.54, 1.807) is 18.2 Å². The smallest absolute Gasteiger partial charge is 0.258 e. The number of pyridine rings is 1. The minimum absolute atomic E-state index is 0.0496. The van der Waals surface area contributed by atoms with Crippen molar-refractivity contribution in [2.75, 3.05) is 19.5 Å². The monoisotopic (exact) mass is 310 g/mol. The van der Waals surface area contributed by atoms with Crippen molar-refractivity contribution in [3.63, 3.8) is 0 Å². The van der Waals surface area contributed by atoms with Crippen molar-refractivity contribution in [3.05, 3.63) is 47.0 Å². The van der Waals surface area contributed by atoms with Crippen molar-refractivity contribution in [2.45, 2.75) is 0 Å². The molecule has 0 aliphatic heterocycles. The van der Waals surface area contributed by atoms with Gasteiger partial charge in [-0.3, -0.25) is 4.79 Å². The molecule has 1 heterocycles. The Bertz CT molecular complexity index is 679. The van der Waals surface area contributed by atoms with Crippen molar-refractivity contribution in [2.24, 2.45) is 0 Å². The second-order valence-corrected chi connectivity index (χ2v) is 4.37. The van der Waals surface area contributed by atoms with Gasteiger partial charge in [-0.2, -0.15) is 0 Å². The standard InChI is InChI=1S/C14H12ClFN2O3/c1-20-11-4-3-9(6-12(11)21-2)18-14(19)10-5-8(16)7-17-13(10)15/h3-7H,1-2H3,(H,18,19). The number of hydrogen-bond donors (Lipinski definition) is 1. The van der Waals surface area contributed by atoms with E-state index in [0.29, 0.717) is 17.2 Å². The normalized spacial score (nSPS) is 10.1. The summed E-state index contributed by atoms with van der Waals surface area (Å²) in [6, 6.07) is 5.86. The van der Waals surface area contributed by atoms with E-state index in [2.05, 4.69) is 10.3 Å². The highest BCUT2D eigenvalue weighted by Crippen LogP contribution is 2.30. The van der Waals surface area contributed by atoms with Crippen LogP contribution in [0.25, 0.3) is 0 Å². The maximum atomic E-state index is 13.1. The van der Waals surface area contributed by atoms with Crippen molar-refractivity contribution in [1.82, 2.24) is 4.98 Å². The van der Waals surface area contributed by atoms with Gasteiger partial charge in [0.2, 0.25) is 0 Å². The SMILES string of the molecule is COc1ccc(NC(=O)c2cc(F)cnc2Cl)cc1OC. The first kappa shape index (κ1) is 15.1. The van der Waals surface area contributed by atoms with E-state index in [1.807, 2.05) is 0 Å². The molecule has 0 radical (unpaired) electrons. The minimum atomic E-state index is -0.642. The molecular formula is C14H12ClFN2O3. The molecule has 21 heavy (non-hydrogen) atoms. The third-order valence-electron chi connectivity index (χ3n) is 2.69. The maximum Gasteiger partial charge on any atom is 0.258 e. The number of rotatable bonds is 4. The Labute approximate surface area is 125 Å². The molecule has 1 aromatic carbocycles. The molecule has 2 aromatic rings. The van der Waals surface area contributed by atoms with Crippen LogP contribution in [0, 0.1) is 5.82 Å². The largest absolute Gasteiger partial charge is 0.493 e. The average Bonchev–Trinajstić information content (AvgIpc) is 2.49. The molecule has 0 aliphatic rings. The van der Waals surface area contributed by atoms with Crippen molar-refractivity contribution < 1.29 is 18.7 Å². The molecule has 0 atom stereocenters. The van der Waals surface area contributed by atoms with Crippen LogP contribution >= 0.6 is 11.6 Å². The molecule has 0 spiro atoms. The minimum Gasteiger partial charge on any atom is -0.493 e. The van der Waals surface area contributed by atoms with E-state index < -0.39 is 11.7 Å².